The maximum Gasteiger partial charge on any atom is 0.224 e. The van der Waals surface area contributed by atoms with Crippen molar-refractivity contribution >= 4 is 22.7 Å². The van der Waals surface area contributed by atoms with Crippen LogP contribution in [0.4, 0.5) is 5.69 Å². The van der Waals surface area contributed by atoms with Crippen molar-refractivity contribution < 1.29 is 4.79 Å². The molecular formula is C26H24N2O. The molecule has 0 aromatic heterocycles. The number of nitrogens with one attached hydrogen (secondary N) is 1. The van der Waals surface area contributed by atoms with E-state index in [0.29, 0.717) is 6.42 Å². The molecule has 1 N–H and O–H groups in total. The van der Waals surface area contributed by atoms with Crippen LogP contribution >= 0.6 is 0 Å². The lowest BCUT2D eigenvalue weighted by molar-refractivity contribution is -0.116. The normalized spacial score (nSPS) is 17.8. The fraction of sp³-hybridized carbons (Fsp3) is 0.308. The van der Waals surface area contributed by atoms with Gasteiger partial charge in [-0.1, -0.05) is 43.2 Å². The van der Waals surface area contributed by atoms with Gasteiger partial charge in [0.15, 0.2) is 0 Å². The summed E-state index contributed by atoms with van der Waals surface area (Å²) in [6.45, 7) is 0. The van der Waals surface area contributed by atoms with Gasteiger partial charge < -0.3 is 5.32 Å². The maximum atomic E-state index is 11.6. The number of carbonyl (C=O) groups is 1. The van der Waals surface area contributed by atoms with Crippen molar-refractivity contribution in [2.24, 2.45) is 5.92 Å². The number of rotatable bonds is 5. The molecule has 0 radical (unpaired) electrons. The van der Waals surface area contributed by atoms with Gasteiger partial charge in [0.2, 0.25) is 5.91 Å². The van der Waals surface area contributed by atoms with Crippen molar-refractivity contribution in [3.05, 3.63) is 76.4 Å². The molecule has 3 aliphatic rings. The number of aryl methyl sites for hydroxylation is 2. The van der Waals surface area contributed by atoms with Crippen LogP contribution in [0.3, 0.4) is 0 Å². The molecule has 3 heteroatoms. The molecule has 0 atom stereocenters. The van der Waals surface area contributed by atoms with E-state index in [9.17, 15) is 10.1 Å². The van der Waals surface area contributed by atoms with Crippen LogP contribution in [0.1, 0.15) is 59.9 Å². The lowest BCUT2D eigenvalue weighted by Crippen LogP contribution is -2.18. The molecular weight excluding hydrogens is 356 g/mol. The maximum absolute atomic E-state index is 11.6. The monoisotopic (exact) mass is 380 g/mol. The second kappa shape index (κ2) is 7.37. The molecule has 1 amide bonds. The van der Waals surface area contributed by atoms with E-state index >= 15 is 0 Å². The third-order valence-electron chi connectivity index (χ3n) is 6.33. The molecule has 1 heterocycles. The molecule has 2 aromatic rings. The number of hydrogen-bond acceptors (Lipinski definition) is 2. The van der Waals surface area contributed by atoms with Crippen molar-refractivity contribution in [1.82, 2.24) is 0 Å². The highest BCUT2D eigenvalue weighted by molar-refractivity contribution is 5.95. The van der Waals surface area contributed by atoms with E-state index in [4.69, 9.17) is 0 Å². The molecule has 1 saturated carbocycles. The zero-order valence-electron chi connectivity index (χ0n) is 16.5. The number of fused-ring (bicyclic) bond motifs is 1. The SMILES string of the molecule is N#Cc1cc(C2=CC(c3ccc4c(c3)CCC(=O)N4)=CC2)ccc1CCC1CC1. The molecule has 29 heavy (non-hydrogen) atoms. The Morgan fingerprint density at radius 3 is 2.76 bits per heavy atom. The van der Waals surface area contributed by atoms with E-state index in [2.05, 4.69) is 53.9 Å². The van der Waals surface area contributed by atoms with Crippen LogP contribution in [-0.2, 0) is 17.6 Å². The second-order valence-electron chi connectivity index (χ2n) is 8.42. The van der Waals surface area contributed by atoms with E-state index in [-0.39, 0.29) is 5.91 Å². The Hall–Kier alpha value is -3.12. The first-order valence-corrected chi connectivity index (χ1v) is 10.6. The number of nitriles is 1. The average Bonchev–Trinajstić information content (AvgIpc) is 3.45. The van der Waals surface area contributed by atoms with Crippen LogP contribution in [0.25, 0.3) is 11.1 Å². The van der Waals surface area contributed by atoms with Gasteiger partial charge in [0.25, 0.3) is 0 Å². The average molecular weight is 380 g/mol. The molecule has 144 valence electrons. The molecule has 1 aliphatic heterocycles. The van der Waals surface area contributed by atoms with Crippen molar-refractivity contribution in [2.75, 3.05) is 5.32 Å². The van der Waals surface area contributed by atoms with Gasteiger partial charge in [-0.05, 0) is 83.2 Å². The summed E-state index contributed by atoms with van der Waals surface area (Å²) < 4.78 is 0. The number of carbonyl (C=O) groups excluding carboxylic acids is 1. The van der Waals surface area contributed by atoms with E-state index < -0.39 is 0 Å². The smallest absolute Gasteiger partial charge is 0.224 e. The third kappa shape index (κ3) is 3.76. The number of hydrogen-bond donors (Lipinski definition) is 1. The van der Waals surface area contributed by atoms with E-state index in [1.807, 2.05) is 6.07 Å². The number of allylic oxidation sites excluding steroid dienone is 4. The number of anilines is 1. The van der Waals surface area contributed by atoms with Crippen molar-refractivity contribution in [3.8, 4) is 6.07 Å². The van der Waals surface area contributed by atoms with Gasteiger partial charge in [0.05, 0.1) is 11.6 Å². The summed E-state index contributed by atoms with van der Waals surface area (Å²) in [6, 6.07) is 15.1. The quantitative estimate of drug-likeness (QED) is 0.728. The van der Waals surface area contributed by atoms with Gasteiger partial charge in [-0.25, -0.2) is 0 Å². The van der Waals surface area contributed by atoms with E-state index in [1.165, 1.54) is 47.1 Å². The lowest BCUT2D eigenvalue weighted by Gasteiger charge is -2.17. The summed E-state index contributed by atoms with van der Waals surface area (Å²) in [5.41, 5.74) is 8.97. The van der Waals surface area contributed by atoms with Gasteiger partial charge in [-0.2, -0.15) is 5.26 Å². The predicted molar refractivity (Wildman–Crippen MR) is 116 cm³/mol. The Kier molecular flexibility index (Phi) is 4.56. The van der Waals surface area contributed by atoms with E-state index in [1.54, 1.807) is 0 Å². The summed E-state index contributed by atoms with van der Waals surface area (Å²) >= 11 is 0. The van der Waals surface area contributed by atoms with Crippen LogP contribution in [0.5, 0.6) is 0 Å². The Morgan fingerprint density at radius 2 is 1.93 bits per heavy atom. The first-order chi connectivity index (χ1) is 14.2. The van der Waals surface area contributed by atoms with Crippen LogP contribution < -0.4 is 5.32 Å². The van der Waals surface area contributed by atoms with Crippen LogP contribution in [0.2, 0.25) is 0 Å². The number of nitrogens with zero attached hydrogens (tertiary/aromatic N) is 1. The molecule has 0 saturated heterocycles. The largest absolute Gasteiger partial charge is 0.326 e. The Balaban J connectivity index is 1.36. The fourth-order valence-electron chi connectivity index (χ4n) is 4.36. The fourth-order valence-corrected chi connectivity index (χ4v) is 4.36. The highest BCUT2D eigenvalue weighted by Gasteiger charge is 2.21. The summed E-state index contributed by atoms with van der Waals surface area (Å²) in [5, 5.41) is 12.6. The van der Waals surface area contributed by atoms with Crippen LogP contribution in [0, 0.1) is 17.2 Å². The standard InChI is InChI=1S/C26H24N2O/c27-16-24-15-21(6-5-18(24)4-3-17-1-2-17)19-7-8-20(13-19)22-9-11-25-23(14-22)10-12-26(29)28-25/h5-6,8-9,11,13-15,17H,1-4,7,10,12H2,(H,28,29). The van der Waals surface area contributed by atoms with Gasteiger partial charge in [-0.15, -0.1) is 0 Å². The number of benzene rings is 2. The highest BCUT2D eigenvalue weighted by atomic mass is 16.1. The van der Waals surface area contributed by atoms with E-state index in [0.717, 1.165) is 42.0 Å². The summed E-state index contributed by atoms with van der Waals surface area (Å²) in [4.78, 5) is 11.6. The third-order valence-corrected chi connectivity index (χ3v) is 6.33. The lowest BCUT2D eigenvalue weighted by atomic mass is 9.95. The van der Waals surface area contributed by atoms with Gasteiger partial charge in [-0.3, -0.25) is 4.79 Å². The van der Waals surface area contributed by atoms with Gasteiger partial charge in [0, 0.05) is 12.1 Å². The molecule has 0 unspecified atom stereocenters. The van der Waals surface area contributed by atoms with Gasteiger partial charge in [0.1, 0.15) is 0 Å². The first kappa shape index (κ1) is 17.9. The summed E-state index contributed by atoms with van der Waals surface area (Å²) in [6.07, 6.45) is 11.7. The van der Waals surface area contributed by atoms with Gasteiger partial charge >= 0.3 is 0 Å². The second-order valence-corrected chi connectivity index (χ2v) is 8.42. The van der Waals surface area contributed by atoms with Crippen molar-refractivity contribution in [3.63, 3.8) is 0 Å². The molecule has 0 bridgehead atoms. The molecule has 2 aliphatic carbocycles. The zero-order chi connectivity index (χ0) is 19.8. The Labute approximate surface area is 171 Å². The molecule has 5 rings (SSSR count). The molecule has 1 fully saturated rings. The van der Waals surface area contributed by atoms with Crippen LogP contribution in [0.15, 0.2) is 48.6 Å². The Bertz CT molecular complexity index is 1100. The summed E-state index contributed by atoms with van der Waals surface area (Å²) in [7, 11) is 0. The van der Waals surface area contributed by atoms with Crippen molar-refractivity contribution in [2.45, 2.75) is 44.9 Å². The predicted octanol–water partition coefficient (Wildman–Crippen LogP) is 5.66. The molecule has 3 nitrogen and oxygen atoms in total. The minimum absolute atomic E-state index is 0.0985. The highest BCUT2D eigenvalue weighted by Crippen LogP contribution is 2.36. The molecule has 0 spiro atoms. The minimum atomic E-state index is 0.0985. The Morgan fingerprint density at radius 1 is 1.07 bits per heavy atom. The van der Waals surface area contributed by atoms with Crippen LogP contribution in [-0.4, -0.2) is 5.91 Å². The first-order valence-electron chi connectivity index (χ1n) is 10.6. The topological polar surface area (TPSA) is 52.9 Å². The van der Waals surface area contributed by atoms with Crippen molar-refractivity contribution in [1.29, 1.82) is 5.26 Å². The zero-order valence-corrected chi connectivity index (χ0v) is 16.5. The summed E-state index contributed by atoms with van der Waals surface area (Å²) in [5.74, 6) is 0.983. The molecule has 2 aromatic carbocycles. The number of amides is 1. The minimum Gasteiger partial charge on any atom is -0.326 e.